The maximum Gasteiger partial charge on any atom is 0.353 e. The minimum atomic E-state index is -0.594. The largest absolute Gasteiger partial charge is 0.465 e. The maximum absolute atomic E-state index is 12.0. The molecule has 0 spiro atoms. The number of hydrogen-bond acceptors (Lipinski definition) is 10. The number of rotatable bonds is 6. The van der Waals surface area contributed by atoms with Crippen molar-refractivity contribution in [2.75, 3.05) is 17.7 Å². The second-order valence-corrected chi connectivity index (χ2v) is 7.48. The van der Waals surface area contributed by atoms with Crippen LogP contribution in [-0.4, -0.2) is 33.0 Å². The zero-order valence-electron chi connectivity index (χ0n) is 16.4. The molecule has 0 unspecified atom stereocenters. The van der Waals surface area contributed by atoms with Gasteiger partial charge in [0.05, 0.1) is 33.5 Å². The number of ether oxygens (including phenoxy) is 1. The summed E-state index contributed by atoms with van der Waals surface area (Å²) in [7, 11) is 1.26. The quantitative estimate of drug-likeness (QED) is 0.253. The monoisotopic (exact) mass is 436 g/mol. The molecule has 4 rings (SSSR count). The van der Waals surface area contributed by atoms with Crippen molar-refractivity contribution >= 4 is 55.7 Å². The summed E-state index contributed by atoms with van der Waals surface area (Å²) in [6.07, 6.45) is 1.19. The van der Waals surface area contributed by atoms with E-state index in [1.807, 2.05) is 25.1 Å². The maximum atomic E-state index is 12.0. The van der Waals surface area contributed by atoms with Gasteiger partial charge in [-0.05, 0) is 36.8 Å². The van der Waals surface area contributed by atoms with Crippen LogP contribution < -0.4 is 10.6 Å². The van der Waals surface area contributed by atoms with Crippen molar-refractivity contribution in [1.29, 1.82) is 0 Å². The van der Waals surface area contributed by atoms with E-state index in [-0.39, 0.29) is 22.9 Å². The molecule has 0 fully saturated rings. The van der Waals surface area contributed by atoms with Gasteiger partial charge in [-0.15, -0.1) is 0 Å². The standard InChI is InChI=1S/C20H16N6O4S/c1-11-7-8-14-15(9-11)31-20(24-14)25-18-16(26(28)29)17(21-10-22-18)23-13-6-4-3-5-12(13)19(27)30-2/h3-10H,1-2H3,(H2,21,22,23,24,25). The second-order valence-electron chi connectivity index (χ2n) is 6.45. The van der Waals surface area contributed by atoms with Crippen LogP contribution in [0.4, 0.5) is 28.1 Å². The van der Waals surface area contributed by atoms with Crippen LogP contribution in [0.5, 0.6) is 0 Å². The van der Waals surface area contributed by atoms with Gasteiger partial charge in [0.25, 0.3) is 0 Å². The average Bonchev–Trinajstić information content (AvgIpc) is 3.14. The van der Waals surface area contributed by atoms with Gasteiger partial charge in [-0.3, -0.25) is 10.1 Å². The van der Waals surface area contributed by atoms with Crippen LogP contribution in [0.25, 0.3) is 10.2 Å². The highest BCUT2D eigenvalue weighted by molar-refractivity contribution is 7.22. The number of methoxy groups -OCH3 is 1. The van der Waals surface area contributed by atoms with Crippen LogP contribution in [0.3, 0.4) is 0 Å². The molecule has 2 aromatic carbocycles. The van der Waals surface area contributed by atoms with E-state index in [0.29, 0.717) is 10.8 Å². The van der Waals surface area contributed by atoms with Gasteiger partial charge in [0.1, 0.15) is 6.33 Å². The smallest absolute Gasteiger partial charge is 0.353 e. The first-order chi connectivity index (χ1) is 15.0. The molecule has 0 atom stereocenters. The zero-order valence-corrected chi connectivity index (χ0v) is 17.3. The van der Waals surface area contributed by atoms with Gasteiger partial charge in [-0.25, -0.2) is 19.7 Å². The number of fused-ring (bicyclic) bond motifs is 1. The van der Waals surface area contributed by atoms with Crippen LogP contribution >= 0.6 is 11.3 Å². The van der Waals surface area contributed by atoms with Gasteiger partial charge in [0.15, 0.2) is 5.13 Å². The summed E-state index contributed by atoms with van der Waals surface area (Å²) in [6, 6.07) is 12.3. The van der Waals surface area contributed by atoms with Gasteiger partial charge in [-0.2, -0.15) is 0 Å². The van der Waals surface area contributed by atoms with Crippen molar-refractivity contribution < 1.29 is 14.5 Å². The number of hydrogen-bond donors (Lipinski definition) is 2. The number of nitrogens with one attached hydrogen (secondary N) is 2. The summed E-state index contributed by atoms with van der Waals surface area (Å²) in [5.41, 5.74) is 2.02. The lowest BCUT2D eigenvalue weighted by Crippen LogP contribution is -2.09. The fraction of sp³-hybridized carbons (Fsp3) is 0.100. The van der Waals surface area contributed by atoms with Crippen molar-refractivity contribution in [3.05, 3.63) is 70.0 Å². The number of benzene rings is 2. The third-order valence-corrected chi connectivity index (χ3v) is 5.29. The van der Waals surface area contributed by atoms with E-state index in [9.17, 15) is 14.9 Å². The Morgan fingerprint density at radius 1 is 1.13 bits per heavy atom. The van der Waals surface area contributed by atoms with Gasteiger partial charge < -0.3 is 15.4 Å². The third kappa shape index (κ3) is 4.12. The van der Waals surface area contributed by atoms with E-state index < -0.39 is 10.9 Å². The zero-order chi connectivity index (χ0) is 22.0. The Bertz CT molecular complexity index is 1310. The van der Waals surface area contributed by atoms with Crippen molar-refractivity contribution in [3.8, 4) is 0 Å². The number of anilines is 4. The molecule has 2 aromatic heterocycles. The first-order valence-corrected chi connectivity index (χ1v) is 9.86. The molecule has 2 heterocycles. The molecular formula is C20H16N6O4S. The second kappa shape index (κ2) is 8.32. The van der Waals surface area contributed by atoms with Crippen molar-refractivity contribution in [2.24, 2.45) is 0 Å². The van der Waals surface area contributed by atoms with Gasteiger partial charge >= 0.3 is 11.7 Å². The first kappa shape index (κ1) is 20.2. The molecule has 0 aliphatic rings. The summed E-state index contributed by atoms with van der Waals surface area (Å²) in [4.78, 5) is 35.8. The first-order valence-electron chi connectivity index (χ1n) is 9.04. The highest BCUT2D eigenvalue weighted by Gasteiger charge is 2.25. The van der Waals surface area contributed by atoms with E-state index in [2.05, 4.69) is 25.6 Å². The SMILES string of the molecule is COC(=O)c1ccccc1Nc1ncnc(Nc2nc3ccc(C)cc3s2)c1[N+](=O)[O-]. The predicted octanol–water partition coefficient (Wildman–Crippen LogP) is 4.58. The van der Waals surface area contributed by atoms with E-state index >= 15 is 0 Å². The Balaban J connectivity index is 1.72. The highest BCUT2D eigenvalue weighted by Crippen LogP contribution is 2.36. The van der Waals surface area contributed by atoms with Gasteiger partial charge in [0.2, 0.25) is 11.6 Å². The molecule has 0 aliphatic heterocycles. The fourth-order valence-corrected chi connectivity index (χ4v) is 3.89. The Morgan fingerprint density at radius 3 is 2.61 bits per heavy atom. The molecule has 0 aliphatic carbocycles. The molecule has 2 N–H and O–H groups in total. The molecule has 0 amide bonds. The predicted molar refractivity (Wildman–Crippen MR) is 117 cm³/mol. The molecule has 11 heteroatoms. The van der Waals surface area contributed by atoms with Crippen LogP contribution in [0.1, 0.15) is 15.9 Å². The topological polar surface area (TPSA) is 132 Å². The number of aromatic nitrogens is 3. The Kier molecular flexibility index (Phi) is 5.41. The molecule has 0 radical (unpaired) electrons. The number of nitrogens with zero attached hydrogens (tertiary/aromatic N) is 4. The third-order valence-electron chi connectivity index (χ3n) is 4.36. The fourth-order valence-electron chi connectivity index (χ4n) is 2.93. The molecular weight excluding hydrogens is 420 g/mol. The van der Waals surface area contributed by atoms with E-state index in [4.69, 9.17) is 4.74 Å². The highest BCUT2D eigenvalue weighted by atomic mass is 32.1. The Morgan fingerprint density at radius 2 is 1.87 bits per heavy atom. The number of thiazole rings is 1. The van der Waals surface area contributed by atoms with Crippen molar-refractivity contribution in [3.63, 3.8) is 0 Å². The molecule has 0 saturated heterocycles. The molecule has 4 aromatic rings. The molecule has 0 bridgehead atoms. The van der Waals surface area contributed by atoms with Crippen LogP contribution in [0, 0.1) is 17.0 Å². The number of para-hydroxylation sites is 1. The van der Waals surface area contributed by atoms with Crippen LogP contribution in [-0.2, 0) is 4.74 Å². The van der Waals surface area contributed by atoms with E-state index in [1.54, 1.807) is 24.3 Å². The number of esters is 1. The van der Waals surface area contributed by atoms with Crippen molar-refractivity contribution in [2.45, 2.75) is 6.92 Å². The minimum absolute atomic E-state index is 0.0196. The molecule has 31 heavy (non-hydrogen) atoms. The van der Waals surface area contributed by atoms with E-state index in [0.717, 1.165) is 15.8 Å². The van der Waals surface area contributed by atoms with Crippen LogP contribution in [0.15, 0.2) is 48.8 Å². The molecule has 156 valence electrons. The lowest BCUT2D eigenvalue weighted by atomic mass is 10.2. The number of carbonyl (C=O) groups excluding carboxylic acids is 1. The number of carbonyl (C=O) groups is 1. The Hall–Kier alpha value is -4.12. The van der Waals surface area contributed by atoms with Gasteiger partial charge in [0, 0.05) is 0 Å². The Labute approximate surface area is 180 Å². The van der Waals surface area contributed by atoms with Crippen LogP contribution in [0.2, 0.25) is 0 Å². The summed E-state index contributed by atoms with van der Waals surface area (Å²) in [5, 5.41) is 18.1. The summed E-state index contributed by atoms with van der Waals surface area (Å²) < 4.78 is 5.72. The number of nitro groups is 1. The number of aryl methyl sites for hydroxylation is 1. The summed E-state index contributed by atoms with van der Waals surface area (Å²) in [6.45, 7) is 1.98. The lowest BCUT2D eigenvalue weighted by molar-refractivity contribution is -0.383. The van der Waals surface area contributed by atoms with Gasteiger partial charge in [-0.1, -0.05) is 29.5 Å². The van der Waals surface area contributed by atoms with Crippen molar-refractivity contribution in [1.82, 2.24) is 15.0 Å². The normalized spacial score (nSPS) is 10.6. The molecule has 10 nitrogen and oxygen atoms in total. The minimum Gasteiger partial charge on any atom is -0.465 e. The van der Waals surface area contributed by atoms with E-state index in [1.165, 1.54) is 24.8 Å². The summed E-state index contributed by atoms with van der Waals surface area (Å²) >= 11 is 1.36. The molecule has 0 saturated carbocycles. The average molecular weight is 436 g/mol. The summed E-state index contributed by atoms with van der Waals surface area (Å²) in [5.74, 6) is -0.674. The lowest BCUT2D eigenvalue weighted by Gasteiger charge is -2.11.